The molecule has 5 heterocycles. The van der Waals surface area contributed by atoms with Crippen molar-refractivity contribution in [2.75, 3.05) is 37.6 Å². The summed E-state index contributed by atoms with van der Waals surface area (Å²) in [6.45, 7) is 7.14. The number of aryl methyl sites for hydroxylation is 1. The van der Waals surface area contributed by atoms with E-state index in [9.17, 15) is 14.7 Å². The first-order chi connectivity index (χ1) is 24.7. The van der Waals surface area contributed by atoms with Gasteiger partial charge >= 0.3 is 6.09 Å². The van der Waals surface area contributed by atoms with Crippen molar-refractivity contribution in [1.82, 2.24) is 29.3 Å². The molecule has 3 atom stereocenters. The number of hydrogen-bond acceptors (Lipinski definition) is 8. The van der Waals surface area contributed by atoms with E-state index in [-0.39, 0.29) is 30.3 Å². The van der Waals surface area contributed by atoms with E-state index < -0.39 is 11.7 Å². The number of nitrogens with one attached hydrogen (secondary N) is 1. The van der Waals surface area contributed by atoms with Crippen LogP contribution in [0.15, 0.2) is 71.8 Å². The molecule has 0 radical (unpaired) electrons. The zero-order chi connectivity index (χ0) is 35.4. The molecule has 1 saturated carbocycles. The van der Waals surface area contributed by atoms with E-state index >= 15 is 0 Å². The number of nitrogens with zero attached hydrogens (tertiary/aromatic N) is 6. The maximum atomic E-state index is 12.9. The van der Waals surface area contributed by atoms with Gasteiger partial charge in [-0.25, -0.2) is 14.8 Å². The molecule has 0 bridgehead atoms. The van der Waals surface area contributed by atoms with Crippen LogP contribution < -0.4 is 16.2 Å². The molecule has 12 nitrogen and oxygen atoms in total. The summed E-state index contributed by atoms with van der Waals surface area (Å²) >= 11 is 0. The molecule has 3 fully saturated rings. The molecule has 3 aromatic heterocycles. The molecule has 2 aromatic carbocycles. The van der Waals surface area contributed by atoms with Gasteiger partial charge in [0.05, 0.1) is 17.3 Å². The van der Waals surface area contributed by atoms with Crippen molar-refractivity contribution < 1.29 is 14.6 Å². The number of carbonyl (C=O) groups is 1. The summed E-state index contributed by atoms with van der Waals surface area (Å²) in [5.74, 6) is 0.657. The number of fused-ring (bicyclic) bond motifs is 2. The van der Waals surface area contributed by atoms with Crippen LogP contribution in [-0.4, -0.2) is 97.5 Å². The number of anilines is 1. The number of ether oxygens (including phenoxy) is 1. The zero-order valence-corrected chi connectivity index (χ0v) is 29.5. The van der Waals surface area contributed by atoms with Gasteiger partial charge in [0, 0.05) is 86.6 Å². The number of piperidine rings is 1. The third-order valence-electron chi connectivity index (χ3n) is 11.2. The van der Waals surface area contributed by atoms with Gasteiger partial charge in [0.2, 0.25) is 5.95 Å². The topological polar surface area (TPSA) is 146 Å². The number of aromatic nitrogens is 4. The highest BCUT2D eigenvalue weighted by Crippen LogP contribution is 2.43. The quantitative estimate of drug-likeness (QED) is 0.207. The van der Waals surface area contributed by atoms with E-state index in [1.54, 1.807) is 22.7 Å². The Morgan fingerprint density at radius 3 is 2.47 bits per heavy atom. The molecular formula is C39H46N8O4. The lowest BCUT2D eigenvalue weighted by Gasteiger charge is -2.48. The average Bonchev–Trinajstić information content (AvgIpc) is 3.83. The van der Waals surface area contributed by atoms with Crippen LogP contribution in [0.5, 0.6) is 0 Å². The Morgan fingerprint density at radius 1 is 1.00 bits per heavy atom. The molecule has 1 amide bonds. The molecule has 2 saturated heterocycles. The SMILES string of the molecule is C[C@@H]1CN(C2CCN(c3nc(C(CN)(OC4CC4)c4ccccc4)c4cc(-c5cn(C)c(=O)c6[nH]ccc56)ccc4n3)CC2)[C@@H](C)CN1C(=O)O. The monoisotopic (exact) mass is 690 g/mol. The summed E-state index contributed by atoms with van der Waals surface area (Å²) in [6.07, 6.45) is 6.75. The summed E-state index contributed by atoms with van der Waals surface area (Å²) in [5.41, 5.74) is 10.6. The first kappa shape index (κ1) is 33.4. The van der Waals surface area contributed by atoms with Gasteiger partial charge < -0.3 is 34.9 Å². The molecule has 1 aliphatic carbocycles. The second kappa shape index (κ2) is 13.1. The number of benzene rings is 2. The average molecular weight is 691 g/mol. The first-order valence-electron chi connectivity index (χ1n) is 18.1. The van der Waals surface area contributed by atoms with Gasteiger partial charge in [-0.3, -0.25) is 9.69 Å². The highest BCUT2D eigenvalue weighted by atomic mass is 16.5. The van der Waals surface area contributed by atoms with Crippen molar-refractivity contribution >= 4 is 33.8 Å². The highest BCUT2D eigenvalue weighted by Gasteiger charge is 2.43. The fourth-order valence-electron chi connectivity index (χ4n) is 8.26. The summed E-state index contributed by atoms with van der Waals surface area (Å²) in [5, 5.41) is 11.4. The van der Waals surface area contributed by atoms with E-state index in [1.807, 2.05) is 43.5 Å². The van der Waals surface area contributed by atoms with Gasteiger partial charge in [-0.15, -0.1) is 0 Å². The Labute approximate surface area is 296 Å². The van der Waals surface area contributed by atoms with Crippen LogP contribution in [0.2, 0.25) is 0 Å². The number of H-pyrrole nitrogens is 1. The van der Waals surface area contributed by atoms with Gasteiger partial charge in [0.25, 0.3) is 5.56 Å². The number of hydrogen-bond donors (Lipinski definition) is 3. The summed E-state index contributed by atoms with van der Waals surface area (Å²) < 4.78 is 8.58. The molecule has 5 aromatic rings. The van der Waals surface area contributed by atoms with E-state index in [0.29, 0.717) is 24.1 Å². The molecule has 8 rings (SSSR count). The number of carboxylic acid groups (broad SMARTS) is 1. The summed E-state index contributed by atoms with van der Waals surface area (Å²) in [6, 6.07) is 18.8. The minimum Gasteiger partial charge on any atom is -0.465 e. The molecular weight excluding hydrogens is 644 g/mol. The van der Waals surface area contributed by atoms with Gasteiger partial charge in [-0.05, 0) is 68.9 Å². The molecule has 12 heteroatoms. The molecule has 4 N–H and O–H groups in total. The minimum atomic E-state index is -1.00. The van der Waals surface area contributed by atoms with Crippen molar-refractivity contribution in [1.29, 1.82) is 0 Å². The van der Waals surface area contributed by atoms with Crippen LogP contribution in [0.25, 0.3) is 32.9 Å². The molecule has 0 spiro atoms. The van der Waals surface area contributed by atoms with Crippen molar-refractivity contribution in [3.63, 3.8) is 0 Å². The van der Waals surface area contributed by atoms with E-state index in [2.05, 4.69) is 46.0 Å². The smallest absolute Gasteiger partial charge is 0.407 e. The minimum absolute atomic E-state index is 0.0454. The van der Waals surface area contributed by atoms with E-state index in [1.165, 1.54) is 0 Å². The third kappa shape index (κ3) is 5.94. The number of piperazine rings is 1. The lowest BCUT2D eigenvalue weighted by Crippen LogP contribution is -2.61. The lowest BCUT2D eigenvalue weighted by atomic mass is 9.86. The second-order valence-corrected chi connectivity index (χ2v) is 14.6. The van der Waals surface area contributed by atoms with Crippen LogP contribution in [0.1, 0.15) is 50.8 Å². The molecule has 1 unspecified atom stereocenters. The fraction of sp³-hybridized carbons (Fsp3) is 0.436. The van der Waals surface area contributed by atoms with E-state index in [0.717, 1.165) is 84.0 Å². The Kier molecular flexibility index (Phi) is 8.56. The Bertz CT molecular complexity index is 2140. The predicted molar refractivity (Wildman–Crippen MR) is 198 cm³/mol. The maximum absolute atomic E-state index is 12.9. The number of rotatable bonds is 8. The fourth-order valence-corrected chi connectivity index (χ4v) is 8.26. The normalized spacial score (nSPS) is 21.7. The predicted octanol–water partition coefficient (Wildman–Crippen LogP) is 4.90. The number of aromatic amines is 1. The summed E-state index contributed by atoms with van der Waals surface area (Å²) in [4.78, 5) is 44.7. The van der Waals surface area contributed by atoms with Crippen molar-refractivity contribution in [2.45, 2.75) is 69.4 Å². The standard InChI is InChI=1S/C39H46N8O4/c1-24-21-47(38(49)50)25(2)20-46(24)28-14-17-45(18-15-28)37-42-33-12-9-26(32-22-44(3)36(48)34-30(32)13-16-41-34)19-31(33)35(43-37)39(23-40,51-29-10-11-29)27-7-5-4-6-8-27/h4-9,12-13,16,19,22,24-25,28-29,41H,10-11,14-15,17-18,20-21,23,40H2,1-3H3,(H,49,50)/t24-,25+,39?/m0/s1. The number of amides is 1. The lowest BCUT2D eigenvalue weighted by molar-refractivity contribution is -0.0258. The maximum Gasteiger partial charge on any atom is 0.407 e. The summed E-state index contributed by atoms with van der Waals surface area (Å²) in [7, 11) is 1.77. The number of pyridine rings is 1. The Morgan fingerprint density at radius 2 is 1.76 bits per heavy atom. The third-order valence-corrected chi connectivity index (χ3v) is 11.2. The van der Waals surface area contributed by atoms with Crippen LogP contribution >= 0.6 is 0 Å². The van der Waals surface area contributed by atoms with Crippen molar-refractivity contribution in [2.24, 2.45) is 12.8 Å². The van der Waals surface area contributed by atoms with Gasteiger partial charge in [-0.2, -0.15) is 0 Å². The van der Waals surface area contributed by atoms with E-state index in [4.69, 9.17) is 20.4 Å². The number of nitrogens with two attached hydrogens (primary N) is 1. The highest BCUT2D eigenvalue weighted by molar-refractivity contribution is 5.97. The molecule has 266 valence electrons. The largest absolute Gasteiger partial charge is 0.465 e. The molecule has 51 heavy (non-hydrogen) atoms. The zero-order valence-electron chi connectivity index (χ0n) is 29.5. The van der Waals surface area contributed by atoms with Crippen molar-refractivity contribution in [3.05, 3.63) is 88.6 Å². The van der Waals surface area contributed by atoms with Crippen molar-refractivity contribution in [3.8, 4) is 11.1 Å². The molecule has 3 aliphatic rings. The van der Waals surface area contributed by atoms with Gasteiger partial charge in [0.1, 0.15) is 11.1 Å². The van der Waals surface area contributed by atoms with Crippen LogP contribution in [-0.2, 0) is 17.4 Å². The first-order valence-corrected chi connectivity index (χ1v) is 18.1. The van der Waals surface area contributed by atoms with Crippen LogP contribution in [0.4, 0.5) is 10.7 Å². The second-order valence-electron chi connectivity index (χ2n) is 14.6. The Balaban J connectivity index is 1.21. The van der Waals surface area contributed by atoms with Crippen LogP contribution in [0, 0.1) is 0 Å². The van der Waals surface area contributed by atoms with Crippen LogP contribution in [0.3, 0.4) is 0 Å². The molecule has 2 aliphatic heterocycles. The van der Waals surface area contributed by atoms with Gasteiger partial charge in [-0.1, -0.05) is 36.4 Å². The Hall–Kier alpha value is -4.78. The van der Waals surface area contributed by atoms with Gasteiger partial charge in [0.15, 0.2) is 0 Å².